The van der Waals surface area contributed by atoms with Gasteiger partial charge in [0.1, 0.15) is 0 Å². The van der Waals surface area contributed by atoms with Gasteiger partial charge in [0.25, 0.3) is 0 Å². The molecule has 110 valence electrons. The quantitative estimate of drug-likeness (QED) is 0.410. The lowest BCUT2D eigenvalue weighted by atomic mass is 9.95. The molecule has 0 aromatic heterocycles. The van der Waals surface area contributed by atoms with Crippen molar-refractivity contribution < 1.29 is 0 Å². The van der Waals surface area contributed by atoms with Crippen LogP contribution in [-0.2, 0) is 10.7 Å². The highest BCUT2D eigenvalue weighted by atomic mass is 79.9. The highest BCUT2D eigenvalue weighted by molar-refractivity contribution is 9.09. The minimum absolute atomic E-state index is 0.866. The molecule has 0 spiro atoms. The molecule has 0 amide bonds. The molecule has 2 heteroatoms. The molecular weight excluding hydrogens is 400 g/mol. The van der Waals surface area contributed by atoms with Gasteiger partial charge >= 0.3 is 0 Å². The Morgan fingerprint density at radius 1 is 0.545 bits per heavy atom. The Morgan fingerprint density at radius 3 is 1.82 bits per heavy atom. The molecule has 0 aliphatic heterocycles. The van der Waals surface area contributed by atoms with E-state index >= 15 is 0 Å². The van der Waals surface area contributed by atoms with Crippen LogP contribution in [0.3, 0.4) is 0 Å². The maximum atomic E-state index is 3.63. The number of hydrogen-bond donors (Lipinski definition) is 0. The van der Waals surface area contributed by atoms with Gasteiger partial charge in [-0.25, -0.2) is 0 Å². The van der Waals surface area contributed by atoms with E-state index in [2.05, 4.69) is 98.6 Å². The van der Waals surface area contributed by atoms with Crippen LogP contribution in [0, 0.1) is 0 Å². The van der Waals surface area contributed by atoms with E-state index in [1.807, 2.05) is 6.07 Å². The molecule has 3 aromatic rings. The summed E-state index contributed by atoms with van der Waals surface area (Å²) in [5.74, 6) is 0. The predicted molar refractivity (Wildman–Crippen MR) is 103 cm³/mol. The second kappa shape index (κ2) is 7.26. The van der Waals surface area contributed by atoms with E-state index in [-0.39, 0.29) is 0 Å². The van der Waals surface area contributed by atoms with E-state index in [4.69, 9.17) is 0 Å². The Labute approximate surface area is 148 Å². The van der Waals surface area contributed by atoms with Crippen LogP contribution < -0.4 is 0 Å². The molecule has 0 bridgehead atoms. The van der Waals surface area contributed by atoms with Crippen molar-refractivity contribution in [3.63, 3.8) is 0 Å². The molecule has 0 heterocycles. The first-order valence-corrected chi connectivity index (χ1v) is 9.46. The van der Waals surface area contributed by atoms with E-state index in [0.29, 0.717) is 0 Å². The first kappa shape index (κ1) is 15.5. The zero-order valence-electron chi connectivity index (χ0n) is 12.1. The summed E-state index contributed by atoms with van der Waals surface area (Å²) in [7, 11) is 0. The van der Waals surface area contributed by atoms with E-state index in [0.717, 1.165) is 10.7 Å². The van der Waals surface area contributed by atoms with Crippen molar-refractivity contribution in [3.8, 4) is 22.3 Å². The number of halogens is 2. The summed E-state index contributed by atoms with van der Waals surface area (Å²) < 4.78 is 0. The molecule has 0 saturated heterocycles. The molecule has 0 aliphatic rings. The van der Waals surface area contributed by atoms with Crippen molar-refractivity contribution in [3.05, 3.63) is 83.9 Å². The van der Waals surface area contributed by atoms with Crippen LogP contribution in [0.5, 0.6) is 0 Å². The van der Waals surface area contributed by atoms with Gasteiger partial charge < -0.3 is 0 Å². The van der Waals surface area contributed by atoms with Crippen molar-refractivity contribution in [1.29, 1.82) is 0 Å². The van der Waals surface area contributed by atoms with Crippen LogP contribution in [0.1, 0.15) is 11.1 Å². The van der Waals surface area contributed by atoms with Gasteiger partial charge in [-0.15, -0.1) is 0 Å². The van der Waals surface area contributed by atoms with E-state index in [1.165, 1.54) is 33.4 Å². The van der Waals surface area contributed by atoms with Crippen LogP contribution in [0.4, 0.5) is 0 Å². The lowest BCUT2D eigenvalue weighted by Gasteiger charge is -2.12. The summed E-state index contributed by atoms with van der Waals surface area (Å²) in [6.07, 6.45) is 0. The lowest BCUT2D eigenvalue weighted by molar-refractivity contribution is 1.30. The van der Waals surface area contributed by atoms with Crippen LogP contribution in [-0.4, -0.2) is 0 Å². The summed E-state index contributed by atoms with van der Waals surface area (Å²) in [6, 6.07) is 25.8. The van der Waals surface area contributed by atoms with E-state index in [9.17, 15) is 0 Å². The van der Waals surface area contributed by atoms with Gasteiger partial charge in [0.05, 0.1) is 0 Å². The molecule has 0 N–H and O–H groups in total. The highest BCUT2D eigenvalue weighted by Gasteiger charge is 2.08. The van der Waals surface area contributed by atoms with Crippen molar-refractivity contribution in [1.82, 2.24) is 0 Å². The van der Waals surface area contributed by atoms with Crippen LogP contribution in [0.25, 0.3) is 22.3 Å². The van der Waals surface area contributed by atoms with Crippen molar-refractivity contribution in [2.75, 3.05) is 0 Å². The van der Waals surface area contributed by atoms with E-state index < -0.39 is 0 Å². The maximum Gasteiger partial charge on any atom is 0.0292 e. The fourth-order valence-corrected chi connectivity index (χ4v) is 3.85. The monoisotopic (exact) mass is 414 g/mol. The summed E-state index contributed by atoms with van der Waals surface area (Å²) in [4.78, 5) is 0. The number of hydrogen-bond acceptors (Lipinski definition) is 0. The molecule has 0 radical (unpaired) electrons. The minimum Gasteiger partial charge on any atom is -0.0876 e. The number of rotatable bonds is 4. The predicted octanol–water partition coefficient (Wildman–Crippen LogP) is 6.81. The van der Waals surface area contributed by atoms with Gasteiger partial charge in [0.2, 0.25) is 0 Å². The smallest absolute Gasteiger partial charge is 0.0292 e. The zero-order chi connectivity index (χ0) is 15.4. The molecule has 0 unspecified atom stereocenters. The standard InChI is InChI=1S/C20H16Br2/c21-13-18-7-4-8-19(20(18)14-22)17-11-9-16(10-12-17)15-5-2-1-3-6-15/h1-12H,13-14H2. The molecule has 0 nitrogen and oxygen atoms in total. The van der Waals surface area contributed by atoms with Crippen LogP contribution >= 0.6 is 31.9 Å². The zero-order valence-corrected chi connectivity index (χ0v) is 15.3. The molecule has 0 fully saturated rings. The second-order valence-electron chi connectivity index (χ2n) is 5.15. The summed E-state index contributed by atoms with van der Waals surface area (Å²) in [5, 5.41) is 1.74. The average molecular weight is 416 g/mol. The molecule has 0 atom stereocenters. The Morgan fingerprint density at radius 2 is 1.18 bits per heavy atom. The Hall–Kier alpha value is -1.38. The average Bonchev–Trinajstić information content (AvgIpc) is 2.62. The first-order chi connectivity index (χ1) is 10.8. The van der Waals surface area contributed by atoms with Gasteiger partial charge in [-0.1, -0.05) is 105 Å². The molecule has 3 aromatic carbocycles. The largest absolute Gasteiger partial charge is 0.0876 e. The molecule has 22 heavy (non-hydrogen) atoms. The number of benzene rings is 3. The molecule has 0 saturated carbocycles. The van der Waals surface area contributed by atoms with Gasteiger partial charge in [0, 0.05) is 10.7 Å². The maximum absolute atomic E-state index is 3.63. The highest BCUT2D eigenvalue weighted by Crippen LogP contribution is 2.31. The molecule has 0 aliphatic carbocycles. The normalized spacial score (nSPS) is 10.6. The van der Waals surface area contributed by atoms with Crippen molar-refractivity contribution >= 4 is 31.9 Å². The lowest BCUT2D eigenvalue weighted by Crippen LogP contribution is -1.92. The third-order valence-electron chi connectivity index (χ3n) is 3.85. The van der Waals surface area contributed by atoms with Crippen LogP contribution in [0.15, 0.2) is 72.8 Å². The summed E-state index contributed by atoms with van der Waals surface area (Å²) >= 11 is 7.20. The summed E-state index contributed by atoms with van der Waals surface area (Å²) in [5.41, 5.74) is 7.75. The first-order valence-electron chi connectivity index (χ1n) is 7.22. The molecular formula is C20H16Br2. The molecule has 3 rings (SSSR count). The van der Waals surface area contributed by atoms with Gasteiger partial charge in [-0.05, 0) is 33.4 Å². The Balaban J connectivity index is 2.00. The third kappa shape index (κ3) is 3.18. The van der Waals surface area contributed by atoms with Crippen molar-refractivity contribution in [2.24, 2.45) is 0 Å². The SMILES string of the molecule is BrCc1cccc(-c2ccc(-c3ccccc3)cc2)c1CBr. The van der Waals surface area contributed by atoms with Gasteiger partial charge in [-0.2, -0.15) is 0 Å². The fraction of sp³-hybridized carbons (Fsp3) is 0.100. The number of alkyl halides is 2. The van der Waals surface area contributed by atoms with Crippen molar-refractivity contribution in [2.45, 2.75) is 10.7 Å². The van der Waals surface area contributed by atoms with Gasteiger partial charge in [-0.3, -0.25) is 0 Å². The summed E-state index contributed by atoms with van der Waals surface area (Å²) in [6.45, 7) is 0. The van der Waals surface area contributed by atoms with Gasteiger partial charge in [0.15, 0.2) is 0 Å². The fourth-order valence-electron chi connectivity index (χ4n) is 2.66. The third-order valence-corrected chi connectivity index (χ3v) is 5.02. The van der Waals surface area contributed by atoms with Crippen LogP contribution in [0.2, 0.25) is 0 Å². The van der Waals surface area contributed by atoms with E-state index in [1.54, 1.807) is 0 Å². The Bertz CT molecular complexity index is 746. The minimum atomic E-state index is 0.866. The second-order valence-corrected chi connectivity index (χ2v) is 6.28. The topological polar surface area (TPSA) is 0 Å². The Kier molecular flexibility index (Phi) is 5.12.